The van der Waals surface area contributed by atoms with E-state index in [1.807, 2.05) is 6.92 Å². The number of carbonyl (C=O) groups is 1. The number of ether oxygens (including phenoxy) is 1. The summed E-state index contributed by atoms with van der Waals surface area (Å²) in [4.78, 5) is 15.2. The summed E-state index contributed by atoms with van der Waals surface area (Å²) in [6.45, 7) is 1.96. The first-order valence-corrected chi connectivity index (χ1v) is 6.36. The Balaban J connectivity index is 2.12. The highest BCUT2D eigenvalue weighted by atomic mass is 79.9. The van der Waals surface area contributed by atoms with Crippen molar-refractivity contribution in [1.82, 2.24) is 10.1 Å². The minimum atomic E-state index is -1.06. The van der Waals surface area contributed by atoms with Crippen molar-refractivity contribution in [1.29, 1.82) is 0 Å². The summed E-state index contributed by atoms with van der Waals surface area (Å²) in [5.41, 5.74) is 0.0774. The average Bonchev–Trinajstić information content (AvgIpc) is 2.85. The van der Waals surface area contributed by atoms with Crippen molar-refractivity contribution in [2.24, 2.45) is 0 Å². The minimum absolute atomic E-state index is 0.0609. The molecule has 0 aliphatic heterocycles. The topological polar surface area (TPSA) is 85.5 Å². The zero-order valence-corrected chi connectivity index (χ0v) is 11.7. The number of nitrogens with zero attached hydrogens (tertiary/aromatic N) is 2. The molecule has 1 N–H and O–H groups in total. The highest BCUT2D eigenvalue weighted by molar-refractivity contribution is 9.10. The van der Waals surface area contributed by atoms with Gasteiger partial charge in [-0.1, -0.05) is 28.0 Å². The summed E-state index contributed by atoms with van der Waals surface area (Å²) in [6.07, 6.45) is 0.645. The van der Waals surface area contributed by atoms with E-state index in [2.05, 4.69) is 26.1 Å². The summed E-state index contributed by atoms with van der Waals surface area (Å²) in [5.74, 6) is 0.112. The van der Waals surface area contributed by atoms with Gasteiger partial charge in [-0.25, -0.2) is 4.79 Å². The molecule has 0 bridgehead atoms. The van der Waals surface area contributed by atoms with Gasteiger partial charge in [0.2, 0.25) is 11.7 Å². The maximum atomic E-state index is 11.1. The molecule has 0 amide bonds. The standard InChI is InChI=1S/C12H11BrN2O4/c1-2-11-14-10(15-19-11)6-18-9-4-3-7(13)5-8(9)12(16)17/h3-5H,2,6H2,1H3,(H,16,17). The van der Waals surface area contributed by atoms with Gasteiger partial charge in [0.15, 0.2) is 6.61 Å². The highest BCUT2D eigenvalue weighted by Gasteiger charge is 2.13. The second-order valence-corrected chi connectivity index (χ2v) is 4.61. The fraction of sp³-hybridized carbons (Fsp3) is 0.250. The minimum Gasteiger partial charge on any atom is -0.485 e. The first kappa shape index (κ1) is 13.5. The van der Waals surface area contributed by atoms with Gasteiger partial charge >= 0.3 is 5.97 Å². The second kappa shape index (κ2) is 5.83. The van der Waals surface area contributed by atoms with Crippen LogP contribution in [0, 0.1) is 0 Å². The molecule has 0 spiro atoms. The van der Waals surface area contributed by atoms with Crippen LogP contribution in [0.4, 0.5) is 0 Å². The SMILES string of the molecule is CCc1nc(COc2ccc(Br)cc2C(=O)O)no1. The number of carboxylic acids is 1. The van der Waals surface area contributed by atoms with Gasteiger partial charge in [0.25, 0.3) is 0 Å². The first-order valence-electron chi connectivity index (χ1n) is 5.57. The molecule has 0 saturated carbocycles. The molecule has 6 nitrogen and oxygen atoms in total. The first-order chi connectivity index (χ1) is 9.10. The third-order valence-electron chi connectivity index (χ3n) is 2.34. The van der Waals surface area contributed by atoms with E-state index in [0.717, 1.165) is 0 Å². The predicted molar refractivity (Wildman–Crippen MR) is 69.1 cm³/mol. The molecule has 0 aliphatic rings. The summed E-state index contributed by atoms with van der Waals surface area (Å²) in [7, 11) is 0. The molecule has 2 aromatic rings. The number of hydrogen-bond donors (Lipinski definition) is 1. The van der Waals surface area contributed by atoms with Crippen molar-refractivity contribution in [3.05, 3.63) is 40.0 Å². The molecular formula is C12H11BrN2O4. The molecule has 0 radical (unpaired) electrons. The van der Waals surface area contributed by atoms with Gasteiger partial charge in [-0.05, 0) is 18.2 Å². The summed E-state index contributed by atoms with van der Waals surface area (Å²) in [5, 5.41) is 12.8. The van der Waals surface area contributed by atoms with Gasteiger partial charge in [-0.15, -0.1) is 0 Å². The molecule has 0 saturated heterocycles. The molecule has 0 unspecified atom stereocenters. The number of hydrogen-bond acceptors (Lipinski definition) is 5. The number of carboxylic acid groups (broad SMARTS) is 1. The normalized spacial score (nSPS) is 10.4. The smallest absolute Gasteiger partial charge is 0.339 e. The molecule has 0 aliphatic carbocycles. The van der Waals surface area contributed by atoms with Crippen molar-refractivity contribution >= 4 is 21.9 Å². The van der Waals surface area contributed by atoms with Gasteiger partial charge in [0, 0.05) is 10.9 Å². The fourth-order valence-electron chi connectivity index (χ4n) is 1.43. The third kappa shape index (κ3) is 3.31. The Morgan fingerprint density at radius 1 is 1.53 bits per heavy atom. The Bertz CT molecular complexity index is 597. The van der Waals surface area contributed by atoms with Crippen LogP contribution in [0.2, 0.25) is 0 Å². The molecule has 2 rings (SSSR count). The van der Waals surface area contributed by atoms with Crippen LogP contribution in [0.3, 0.4) is 0 Å². The number of rotatable bonds is 5. The molecule has 0 fully saturated rings. The molecule has 1 heterocycles. The summed E-state index contributed by atoms with van der Waals surface area (Å²) < 4.78 is 11.0. The van der Waals surface area contributed by atoms with E-state index in [0.29, 0.717) is 22.6 Å². The van der Waals surface area contributed by atoms with Crippen molar-refractivity contribution in [2.75, 3.05) is 0 Å². The molecule has 0 atom stereocenters. The Labute approximate surface area is 117 Å². The highest BCUT2D eigenvalue weighted by Crippen LogP contribution is 2.23. The average molecular weight is 327 g/mol. The van der Waals surface area contributed by atoms with Crippen molar-refractivity contribution in [2.45, 2.75) is 20.0 Å². The molecule has 19 heavy (non-hydrogen) atoms. The number of aryl methyl sites for hydroxylation is 1. The van der Waals surface area contributed by atoms with Crippen LogP contribution in [0.15, 0.2) is 27.2 Å². The molecule has 7 heteroatoms. The van der Waals surface area contributed by atoms with Gasteiger partial charge in [-0.3, -0.25) is 0 Å². The second-order valence-electron chi connectivity index (χ2n) is 3.69. The fourth-order valence-corrected chi connectivity index (χ4v) is 1.79. The monoisotopic (exact) mass is 326 g/mol. The lowest BCUT2D eigenvalue weighted by atomic mass is 10.2. The Hall–Kier alpha value is -1.89. The summed E-state index contributed by atoms with van der Waals surface area (Å²) in [6, 6.07) is 4.76. The lowest BCUT2D eigenvalue weighted by molar-refractivity contribution is 0.0691. The van der Waals surface area contributed by atoms with Crippen LogP contribution < -0.4 is 4.74 Å². The van der Waals surface area contributed by atoms with Crippen molar-refractivity contribution in [3.8, 4) is 5.75 Å². The zero-order valence-electron chi connectivity index (χ0n) is 10.1. The molecule has 1 aromatic carbocycles. The van der Waals surface area contributed by atoms with E-state index >= 15 is 0 Å². The van der Waals surface area contributed by atoms with Crippen LogP contribution in [0.1, 0.15) is 29.0 Å². The Morgan fingerprint density at radius 3 is 2.95 bits per heavy atom. The zero-order chi connectivity index (χ0) is 13.8. The lowest BCUT2D eigenvalue weighted by Gasteiger charge is -2.07. The quantitative estimate of drug-likeness (QED) is 0.909. The largest absolute Gasteiger partial charge is 0.485 e. The number of halogens is 1. The van der Waals surface area contributed by atoms with E-state index in [1.165, 1.54) is 6.07 Å². The maximum absolute atomic E-state index is 11.1. The van der Waals surface area contributed by atoms with Gasteiger partial charge in [0.1, 0.15) is 11.3 Å². The maximum Gasteiger partial charge on any atom is 0.339 e. The molecular weight excluding hydrogens is 316 g/mol. The lowest BCUT2D eigenvalue weighted by Crippen LogP contribution is -2.04. The van der Waals surface area contributed by atoms with Crippen LogP contribution in [-0.4, -0.2) is 21.2 Å². The van der Waals surface area contributed by atoms with Gasteiger partial charge in [-0.2, -0.15) is 4.98 Å². The molecule has 1 aromatic heterocycles. The predicted octanol–water partition coefficient (Wildman–Crippen LogP) is 2.67. The van der Waals surface area contributed by atoms with E-state index in [-0.39, 0.29) is 17.9 Å². The Morgan fingerprint density at radius 2 is 2.32 bits per heavy atom. The van der Waals surface area contributed by atoms with Gasteiger partial charge in [0.05, 0.1) is 0 Å². The summed E-state index contributed by atoms with van der Waals surface area (Å²) >= 11 is 3.21. The van der Waals surface area contributed by atoms with Crippen LogP contribution >= 0.6 is 15.9 Å². The van der Waals surface area contributed by atoms with Crippen molar-refractivity contribution < 1.29 is 19.2 Å². The number of benzene rings is 1. The van der Waals surface area contributed by atoms with E-state index in [4.69, 9.17) is 14.4 Å². The van der Waals surface area contributed by atoms with E-state index in [9.17, 15) is 4.79 Å². The van der Waals surface area contributed by atoms with Crippen LogP contribution in [0.5, 0.6) is 5.75 Å². The Kier molecular flexibility index (Phi) is 4.16. The number of aromatic carboxylic acids is 1. The van der Waals surface area contributed by atoms with E-state index < -0.39 is 5.97 Å². The van der Waals surface area contributed by atoms with Gasteiger partial charge < -0.3 is 14.4 Å². The molecule has 100 valence electrons. The number of aromatic nitrogens is 2. The van der Waals surface area contributed by atoms with Crippen molar-refractivity contribution in [3.63, 3.8) is 0 Å². The van der Waals surface area contributed by atoms with Crippen LogP contribution in [0.25, 0.3) is 0 Å². The third-order valence-corrected chi connectivity index (χ3v) is 2.83. The van der Waals surface area contributed by atoms with Crippen LogP contribution in [-0.2, 0) is 13.0 Å². The van der Waals surface area contributed by atoms with E-state index in [1.54, 1.807) is 12.1 Å².